The zero-order chi connectivity index (χ0) is 28.8. The van der Waals surface area contributed by atoms with E-state index >= 15 is 0 Å². The molecule has 2 N–H and O–H groups in total. The molecule has 1 heterocycles. The van der Waals surface area contributed by atoms with Crippen molar-refractivity contribution in [2.24, 2.45) is 0 Å². The van der Waals surface area contributed by atoms with Gasteiger partial charge in [-0.2, -0.15) is 4.31 Å². The molecule has 41 heavy (non-hydrogen) atoms. The third-order valence-corrected chi connectivity index (χ3v) is 8.68. The van der Waals surface area contributed by atoms with Gasteiger partial charge in [0.05, 0.1) is 37.3 Å². The molecule has 0 saturated carbocycles. The average Bonchev–Trinajstić information content (AvgIpc) is 3.56. The summed E-state index contributed by atoms with van der Waals surface area (Å²) in [4.78, 5) is 7.25. The van der Waals surface area contributed by atoms with Crippen molar-refractivity contribution in [1.29, 1.82) is 0 Å². The lowest BCUT2D eigenvalue weighted by atomic mass is 9.95. The summed E-state index contributed by atoms with van der Waals surface area (Å²) in [5.41, 5.74) is 4.27. The summed E-state index contributed by atoms with van der Waals surface area (Å²) < 4.78 is 40.2. The van der Waals surface area contributed by atoms with Crippen LogP contribution in [0.1, 0.15) is 28.4 Å². The van der Waals surface area contributed by atoms with Crippen molar-refractivity contribution in [1.82, 2.24) is 14.3 Å². The topological polar surface area (TPSA) is 105 Å². The van der Waals surface area contributed by atoms with Crippen molar-refractivity contribution in [3.05, 3.63) is 132 Å². The summed E-state index contributed by atoms with van der Waals surface area (Å²) in [5, 5.41) is 11.4. The molecule has 1 aromatic heterocycles. The maximum atomic E-state index is 14.1. The fourth-order valence-electron chi connectivity index (χ4n) is 4.65. The van der Waals surface area contributed by atoms with E-state index in [0.29, 0.717) is 22.6 Å². The van der Waals surface area contributed by atoms with Crippen molar-refractivity contribution in [3.63, 3.8) is 0 Å². The molecule has 1 unspecified atom stereocenters. The SMILES string of the molecule is COc1ccc(CN(Cc2ccc(OC)cc2)S(=O)(=O)c2cccc(C(O)c3ccccc3-c3cnc[nH]3)c2)cc1. The Morgan fingerprint density at radius 2 is 1.44 bits per heavy atom. The highest BCUT2D eigenvalue weighted by atomic mass is 32.2. The van der Waals surface area contributed by atoms with Crippen LogP contribution in [0.15, 0.2) is 114 Å². The van der Waals surface area contributed by atoms with Gasteiger partial charge in [-0.25, -0.2) is 13.4 Å². The maximum absolute atomic E-state index is 14.1. The molecule has 0 aliphatic heterocycles. The van der Waals surface area contributed by atoms with Gasteiger partial charge >= 0.3 is 0 Å². The lowest BCUT2D eigenvalue weighted by Crippen LogP contribution is -2.30. The number of rotatable bonds is 11. The van der Waals surface area contributed by atoms with Crippen LogP contribution in [0.4, 0.5) is 0 Å². The molecule has 0 radical (unpaired) electrons. The first-order chi connectivity index (χ1) is 19.9. The molecule has 0 bridgehead atoms. The number of ether oxygens (including phenoxy) is 2. The first-order valence-electron chi connectivity index (χ1n) is 13.0. The van der Waals surface area contributed by atoms with Gasteiger partial charge in [0.2, 0.25) is 10.0 Å². The highest BCUT2D eigenvalue weighted by Gasteiger charge is 2.27. The minimum absolute atomic E-state index is 0.0927. The second-order valence-electron chi connectivity index (χ2n) is 9.50. The van der Waals surface area contributed by atoms with E-state index in [2.05, 4.69) is 9.97 Å². The molecule has 5 rings (SSSR count). The number of nitrogens with zero attached hydrogens (tertiary/aromatic N) is 2. The monoisotopic (exact) mass is 569 g/mol. The number of hydrogen-bond acceptors (Lipinski definition) is 6. The van der Waals surface area contributed by atoms with Crippen LogP contribution in [0.5, 0.6) is 11.5 Å². The lowest BCUT2D eigenvalue weighted by Gasteiger charge is -2.24. The number of imidazole rings is 1. The summed E-state index contributed by atoms with van der Waals surface area (Å²) >= 11 is 0. The van der Waals surface area contributed by atoms with Gasteiger partial charge in [0.1, 0.15) is 17.6 Å². The van der Waals surface area contributed by atoms with Gasteiger partial charge in [-0.05, 0) is 58.7 Å². The van der Waals surface area contributed by atoms with Crippen LogP contribution in [0.3, 0.4) is 0 Å². The van der Waals surface area contributed by atoms with Crippen LogP contribution in [-0.2, 0) is 23.1 Å². The van der Waals surface area contributed by atoms with Crippen molar-refractivity contribution >= 4 is 10.0 Å². The smallest absolute Gasteiger partial charge is 0.243 e. The Morgan fingerprint density at radius 3 is 2.00 bits per heavy atom. The standard InChI is InChI=1S/C32H31N3O5S/c1-39-26-14-10-23(11-15-26)20-35(21-24-12-16-27(40-2)17-13-24)41(37,38)28-7-5-6-25(18-28)32(36)30-9-4-3-8-29(30)31-19-33-22-34-31/h3-19,22,32,36H,20-21H2,1-2H3,(H,33,34). The Bertz CT molecular complexity index is 1640. The summed E-state index contributed by atoms with van der Waals surface area (Å²) in [6.07, 6.45) is 2.20. The highest BCUT2D eigenvalue weighted by molar-refractivity contribution is 7.89. The molecule has 4 aromatic carbocycles. The third-order valence-electron chi connectivity index (χ3n) is 6.89. The molecular weight excluding hydrogens is 538 g/mol. The van der Waals surface area contributed by atoms with Gasteiger partial charge in [0.25, 0.3) is 0 Å². The van der Waals surface area contributed by atoms with E-state index in [0.717, 1.165) is 22.4 Å². The number of H-pyrrole nitrogens is 1. The predicted octanol–water partition coefficient (Wildman–Crippen LogP) is 5.57. The molecule has 0 aliphatic rings. The van der Waals surface area contributed by atoms with Gasteiger partial charge in [0, 0.05) is 18.7 Å². The Balaban J connectivity index is 1.49. The molecule has 0 aliphatic carbocycles. The number of sulfonamides is 1. The fourth-order valence-corrected chi connectivity index (χ4v) is 6.12. The van der Waals surface area contributed by atoms with Crippen molar-refractivity contribution in [2.75, 3.05) is 14.2 Å². The third kappa shape index (κ3) is 6.33. The van der Waals surface area contributed by atoms with Crippen molar-refractivity contribution in [3.8, 4) is 22.8 Å². The molecule has 210 valence electrons. The van der Waals surface area contributed by atoms with Crippen LogP contribution < -0.4 is 9.47 Å². The second kappa shape index (κ2) is 12.4. The van der Waals surface area contributed by atoms with E-state index in [1.54, 1.807) is 51.0 Å². The minimum Gasteiger partial charge on any atom is -0.497 e. The molecule has 0 amide bonds. The Hall–Kier alpha value is -4.44. The van der Waals surface area contributed by atoms with Crippen molar-refractivity contribution < 1.29 is 23.0 Å². The summed E-state index contributed by atoms with van der Waals surface area (Å²) in [6.45, 7) is 0.293. The van der Waals surface area contributed by atoms with E-state index < -0.39 is 16.1 Å². The van der Waals surface area contributed by atoms with Gasteiger partial charge in [-0.1, -0.05) is 60.7 Å². The zero-order valence-corrected chi connectivity index (χ0v) is 23.6. The normalized spacial score (nSPS) is 12.3. The Morgan fingerprint density at radius 1 is 0.829 bits per heavy atom. The average molecular weight is 570 g/mol. The maximum Gasteiger partial charge on any atom is 0.243 e. The number of aliphatic hydroxyl groups is 1. The van der Waals surface area contributed by atoms with Gasteiger partial charge < -0.3 is 19.6 Å². The summed E-state index contributed by atoms with van der Waals surface area (Å²) in [7, 11) is -0.802. The number of hydrogen-bond donors (Lipinski definition) is 2. The fraction of sp³-hybridized carbons (Fsp3) is 0.156. The number of benzene rings is 4. The number of aliphatic hydroxyl groups excluding tert-OH is 1. The first-order valence-corrected chi connectivity index (χ1v) is 14.4. The molecule has 0 spiro atoms. The minimum atomic E-state index is -3.98. The summed E-state index contributed by atoms with van der Waals surface area (Å²) in [5.74, 6) is 1.38. The van der Waals surface area contributed by atoms with Gasteiger partial charge in [-0.15, -0.1) is 0 Å². The van der Waals surface area contributed by atoms with Gasteiger partial charge in [0.15, 0.2) is 0 Å². The van der Waals surface area contributed by atoms with Gasteiger partial charge in [-0.3, -0.25) is 0 Å². The molecular formula is C32H31N3O5S. The van der Waals surface area contributed by atoms with E-state index in [1.807, 2.05) is 72.8 Å². The van der Waals surface area contributed by atoms with E-state index in [4.69, 9.17) is 9.47 Å². The molecule has 9 heteroatoms. The zero-order valence-electron chi connectivity index (χ0n) is 22.8. The second-order valence-corrected chi connectivity index (χ2v) is 11.4. The molecule has 0 saturated heterocycles. The quantitative estimate of drug-likeness (QED) is 0.216. The van der Waals surface area contributed by atoms with Crippen LogP contribution in [0, 0.1) is 0 Å². The number of nitrogens with one attached hydrogen (secondary N) is 1. The predicted molar refractivity (Wildman–Crippen MR) is 157 cm³/mol. The number of aromatic nitrogens is 2. The Kier molecular flexibility index (Phi) is 8.49. The van der Waals surface area contributed by atoms with E-state index in [1.165, 1.54) is 4.31 Å². The Labute approximate surface area is 239 Å². The molecule has 0 fully saturated rings. The lowest BCUT2D eigenvalue weighted by molar-refractivity contribution is 0.220. The van der Waals surface area contributed by atoms with E-state index in [-0.39, 0.29) is 18.0 Å². The molecule has 5 aromatic rings. The van der Waals surface area contributed by atoms with Crippen LogP contribution >= 0.6 is 0 Å². The van der Waals surface area contributed by atoms with Crippen LogP contribution in [0.25, 0.3) is 11.3 Å². The number of methoxy groups -OCH3 is 2. The number of aromatic amines is 1. The largest absolute Gasteiger partial charge is 0.497 e. The highest BCUT2D eigenvalue weighted by Crippen LogP contribution is 2.32. The van der Waals surface area contributed by atoms with E-state index in [9.17, 15) is 13.5 Å². The van der Waals surface area contributed by atoms with Crippen LogP contribution in [-0.4, -0.2) is 42.0 Å². The first kappa shape index (κ1) is 28.1. The van der Waals surface area contributed by atoms with Crippen molar-refractivity contribution in [2.45, 2.75) is 24.1 Å². The van der Waals surface area contributed by atoms with Crippen LogP contribution in [0.2, 0.25) is 0 Å². The molecule has 1 atom stereocenters. The summed E-state index contributed by atoms with van der Waals surface area (Å²) in [6, 6.07) is 28.5. The molecule has 8 nitrogen and oxygen atoms in total.